The molecule has 12 heavy (non-hydrogen) atoms. The molecule has 2 rings (SSSR count). The van der Waals surface area contributed by atoms with Crippen molar-refractivity contribution in [2.45, 2.75) is 6.92 Å². The quantitative estimate of drug-likeness (QED) is 0.630. The van der Waals surface area contributed by atoms with E-state index in [1.54, 1.807) is 11.3 Å². The molecule has 1 aromatic heterocycles. The second-order valence-corrected chi connectivity index (χ2v) is 5.33. The molecule has 0 bridgehead atoms. The summed E-state index contributed by atoms with van der Waals surface area (Å²) in [6, 6.07) is 6.05. The van der Waals surface area contributed by atoms with Crippen molar-refractivity contribution in [3.05, 3.63) is 31.7 Å². The van der Waals surface area contributed by atoms with Crippen LogP contribution >= 0.6 is 45.5 Å². The van der Waals surface area contributed by atoms with Gasteiger partial charge in [-0.3, -0.25) is 0 Å². The molecule has 62 valence electrons. The topological polar surface area (TPSA) is 0 Å². The summed E-state index contributed by atoms with van der Waals surface area (Å²) in [4.78, 5) is 1.35. The standard InChI is InChI=1S/C9H6ClIS/c1-5-9(11)8-6(10)3-2-4-7(8)12-5/h2-4H,1H3. The molecule has 0 spiro atoms. The number of thiophene rings is 1. The monoisotopic (exact) mass is 308 g/mol. The van der Waals surface area contributed by atoms with E-state index >= 15 is 0 Å². The van der Waals surface area contributed by atoms with Gasteiger partial charge in [-0.15, -0.1) is 11.3 Å². The Morgan fingerprint density at radius 3 is 2.83 bits per heavy atom. The Morgan fingerprint density at radius 1 is 1.42 bits per heavy atom. The minimum atomic E-state index is 0.862. The van der Waals surface area contributed by atoms with Crippen molar-refractivity contribution in [3.8, 4) is 0 Å². The molecule has 1 aromatic carbocycles. The highest BCUT2D eigenvalue weighted by atomic mass is 127. The van der Waals surface area contributed by atoms with Gasteiger partial charge < -0.3 is 0 Å². The number of hydrogen-bond donors (Lipinski definition) is 0. The minimum Gasteiger partial charge on any atom is -0.139 e. The van der Waals surface area contributed by atoms with Crippen molar-refractivity contribution < 1.29 is 0 Å². The molecule has 0 unspecified atom stereocenters. The third kappa shape index (κ3) is 1.26. The predicted octanol–water partition coefficient (Wildman–Crippen LogP) is 4.47. The average Bonchev–Trinajstić information content (AvgIpc) is 2.29. The summed E-state index contributed by atoms with van der Waals surface area (Å²) in [5.41, 5.74) is 0. The third-order valence-electron chi connectivity index (χ3n) is 1.77. The summed E-state index contributed by atoms with van der Waals surface area (Å²) < 4.78 is 2.57. The van der Waals surface area contributed by atoms with E-state index in [2.05, 4.69) is 35.6 Å². The van der Waals surface area contributed by atoms with Gasteiger partial charge in [-0.25, -0.2) is 0 Å². The van der Waals surface area contributed by atoms with Crippen LogP contribution in [0.15, 0.2) is 18.2 Å². The number of hydrogen-bond acceptors (Lipinski definition) is 1. The maximum Gasteiger partial charge on any atom is 0.0503 e. The molecule has 0 saturated carbocycles. The molecular weight excluding hydrogens is 303 g/mol. The Labute approximate surface area is 93.7 Å². The van der Waals surface area contributed by atoms with Gasteiger partial charge in [0.25, 0.3) is 0 Å². The zero-order valence-electron chi connectivity index (χ0n) is 6.40. The Balaban J connectivity index is 2.97. The van der Waals surface area contributed by atoms with Gasteiger partial charge in [0, 0.05) is 18.5 Å². The van der Waals surface area contributed by atoms with Crippen LogP contribution in [-0.4, -0.2) is 0 Å². The minimum absolute atomic E-state index is 0.862. The number of fused-ring (bicyclic) bond motifs is 1. The van der Waals surface area contributed by atoms with E-state index < -0.39 is 0 Å². The zero-order valence-corrected chi connectivity index (χ0v) is 10.1. The fourth-order valence-corrected chi connectivity index (χ4v) is 3.75. The summed E-state index contributed by atoms with van der Waals surface area (Å²) in [5.74, 6) is 0. The Morgan fingerprint density at radius 2 is 2.17 bits per heavy atom. The summed E-state index contributed by atoms with van der Waals surface area (Å²) >= 11 is 10.2. The average molecular weight is 309 g/mol. The van der Waals surface area contributed by atoms with E-state index in [0.29, 0.717) is 0 Å². The lowest BCUT2D eigenvalue weighted by molar-refractivity contribution is 1.61. The molecule has 0 aliphatic carbocycles. The van der Waals surface area contributed by atoms with Crippen molar-refractivity contribution in [3.63, 3.8) is 0 Å². The van der Waals surface area contributed by atoms with E-state index in [9.17, 15) is 0 Å². The fourth-order valence-electron chi connectivity index (χ4n) is 1.19. The summed E-state index contributed by atoms with van der Waals surface area (Å²) in [6.07, 6.45) is 0. The van der Waals surface area contributed by atoms with E-state index in [4.69, 9.17) is 11.6 Å². The van der Waals surface area contributed by atoms with Gasteiger partial charge >= 0.3 is 0 Å². The maximum atomic E-state index is 6.08. The van der Waals surface area contributed by atoms with E-state index in [1.165, 1.54) is 18.5 Å². The van der Waals surface area contributed by atoms with Crippen molar-refractivity contribution in [1.82, 2.24) is 0 Å². The summed E-state index contributed by atoms with van der Waals surface area (Å²) in [5, 5.41) is 2.07. The molecule has 0 nitrogen and oxygen atoms in total. The van der Waals surface area contributed by atoms with Gasteiger partial charge in [0.2, 0.25) is 0 Å². The molecule has 0 aliphatic rings. The molecule has 0 fully saturated rings. The molecule has 0 saturated heterocycles. The van der Waals surface area contributed by atoms with Crippen molar-refractivity contribution in [2.24, 2.45) is 0 Å². The lowest BCUT2D eigenvalue weighted by Gasteiger charge is -1.92. The first kappa shape index (κ1) is 8.78. The molecule has 0 amide bonds. The summed E-state index contributed by atoms with van der Waals surface area (Å²) in [6.45, 7) is 2.13. The van der Waals surface area contributed by atoms with E-state index in [1.807, 2.05) is 12.1 Å². The van der Waals surface area contributed by atoms with Gasteiger partial charge in [0.15, 0.2) is 0 Å². The highest BCUT2D eigenvalue weighted by Crippen LogP contribution is 2.35. The first-order valence-electron chi connectivity index (χ1n) is 3.53. The highest BCUT2D eigenvalue weighted by molar-refractivity contribution is 14.1. The Bertz CT molecular complexity index is 433. The first-order valence-corrected chi connectivity index (χ1v) is 5.80. The van der Waals surface area contributed by atoms with Crippen LogP contribution < -0.4 is 0 Å². The zero-order chi connectivity index (χ0) is 8.72. The Hall–Kier alpha value is 0.200. The van der Waals surface area contributed by atoms with Crippen LogP contribution in [0.2, 0.25) is 5.02 Å². The molecule has 0 atom stereocenters. The first-order chi connectivity index (χ1) is 5.70. The number of halogens is 2. The van der Waals surface area contributed by atoms with Crippen LogP contribution in [0.3, 0.4) is 0 Å². The van der Waals surface area contributed by atoms with Crippen LogP contribution in [0.1, 0.15) is 4.88 Å². The van der Waals surface area contributed by atoms with Gasteiger partial charge in [-0.05, 0) is 41.6 Å². The van der Waals surface area contributed by atoms with Crippen LogP contribution in [-0.2, 0) is 0 Å². The molecule has 0 radical (unpaired) electrons. The second-order valence-electron chi connectivity index (χ2n) is 2.59. The summed E-state index contributed by atoms with van der Waals surface area (Å²) in [7, 11) is 0. The largest absolute Gasteiger partial charge is 0.139 e. The van der Waals surface area contributed by atoms with Gasteiger partial charge in [-0.2, -0.15) is 0 Å². The smallest absolute Gasteiger partial charge is 0.0503 e. The Kier molecular flexibility index (Phi) is 2.31. The fraction of sp³-hybridized carbons (Fsp3) is 0.111. The lowest BCUT2D eigenvalue weighted by Crippen LogP contribution is -1.70. The van der Waals surface area contributed by atoms with Crippen LogP contribution in [0.25, 0.3) is 10.1 Å². The van der Waals surface area contributed by atoms with Crippen molar-refractivity contribution in [1.29, 1.82) is 0 Å². The van der Waals surface area contributed by atoms with Crippen molar-refractivity contribution >= 4 is 55.6 Å². The molecule has 3 heteroatoms. The highest BCUT2D eigenvalue weighted by Gasteiger charge is 2.08. The van der Waals surface area contributed by atoms with Crippen LogP contribution in [0.4, 0.5) is 0 Å². The number of benzene rings is 1. The van der Waals surface area contributed by atoms with Crippen molar-refractivity contribution in [2.75, 3.05) is 0 Å². The SMILES string of the molecule is Cc1sc2cccc(Cl)c2c1I. The second kappa shape index (κ2) is 3.16. The lowest BCUT2D eigenvalue weighted by atomic mass is 10.2. The maximum absolute atomic E-state index is 6.08. The van der Waals surface area contributed by atoms with Gasteiger partial charge in [0.05, 0.1) is 5.02 Å². The molecule has 2 aromatic rings. The normalized spacial score (nSPS) is 10.9. The van der Waals surface area contributed by atoms with Gasteiger partial charge in [-0.1, -0.05) is 17.7 Å². The van der Waals surface area contributed by atoms with E-state index in [-0.39, 0.29) is 0 Å². The predicted molar refractivity (Wildman–Crippen MR) is 64.3 cm³/mol. The van der Waals surface area contributed by atoms with Crippen LogP contribution in [0, 0.1) is 10.5 Å². The third-order valence-corrected chi connectivity index (χ3v) is 4.87. The van der Waals surface area contributed by atoms with E-state index in [0.717, 1.165) is 5.02 Å². The number of rotatable bonds is 0. The number of aryl methyl sites for hydroxylation is 1. The van der Waals surface area contributed by atoms with Gasteiger partial charge in [0.1, 0.15) is 0 Å². The van der Waals surface area contributed by atoms with Crippen LogP contribution in [0.5, 0.6) is 0 Å². The molecule has 0 N–H and O–H groups in total. The molecule has 0 aliphatic heterocycles. The molecule has 1 heterocycles. The molecular formula is C9H6ClIS.